The molecule has 210 valence electrons. The first-order valence-electron chi connectivity index (χ1n) is 14.0. The summed E-state index contributed by atoms with van der Waals surface area (Å²) in [6.45, 7) is 0.0365. The standard InChI is InChI=1S/C31H29F2N5O3/c32-21-10-19(11-22(33)13-21)25-16-35-31(7-1-2-8-31)29(41)38(25)17-26(39)36-23-6-5-18-14-30(15-20(18)12-23)24-4-3-9-34-27(24)37-28(30)40/h3-6,9-13,25,35H,1-2,7-8,14-17H2,(H,36,39)(H,34,37,40)/t25-,30+/m0/s1. The molecule has 8 nitrogen and oxygen atoms in total. The van der Waals surface area contributed by atoms with E-state index in [0.717, 1.165) is 35.6 Å². The Morgan fingerprint density at radius 3 is 2.56 bits per heavy atom. The predicted octanol–water partition coefficient (Wildman–Crippen LogP) is 3.77. The maximum absolute atomic E-state index is 14.1. The van der Waals surface area contributed by atoms with Gasteiger partial charge in [0.15, 0.2) is 0 Å². The van der Waals surface area contributed by atoms with Crippen molar-refractivity contribution in [2.75, 3.05) is 23.7 Å². The maximum Gasteiger partial charge on any atom is 0.244 e. The van der Waals surface area contributed by atoms with Gasteiger partial charge in [-0.05, 0) is 72.7 Å². The number of piperazine rings is 1. The van der Waals surface area contributed by atoms with Crippen LogP contribution in [0.1, 0.15) is 54.0 Å². The summed E-state index contributed by atoms with van der Waals surface area (Å²) in [6.07, 6.45) is 5.80. The number of fused-ring (bicyclic) bond motifs is 3. The molecule has 41 heavy (non-hydrogen) atoms. The van der Waals surface area contributed by atoms with Crippen LogP contribution in [0.3, 0.4) is 0 Å². The molecular weight excluding hydrogens is 528 g/mol. The number of anilines is 2. The predicted molar refractivity (Wildman–Crippen MR) is 147 cm³/mol. The number of halogens is 2. The Labute approximate surface area is 235 Å². The Morgan fingerprint density at radius 2 is 1.78 bits per heavy atom. The minimum Gasteiger partial charge on any atom is -0.325 e. The van der Waals surface area contributed by atoms with Crippen LogP contribution in [-0.2, 0) is 32.6 Å². The Balaban J connectivity index is 1.12. The van der Waals surface area contributed by atoms with Crippen LogP contribution in [0.15, 0.2) is 54.7 Å². The van der Waals surface area contributed by atoms with E-state index < -0.39 is 34.5 Å². The molecule has 1 saturated heterocycles. The third-order valence-electron chi connectivity index (χ3n) is 9.19. The van der Waals surface area contributed by atoms with Crippen LogP contribution in [0.5, 0.6) is 0 Å². The second-order valence-corrected chi connectivity index (χ2v) is 11.6. The molecule has 3 N–H and O–H groups in total. The Hall–Kier alpha value is -4.18. The highest BCUT2D eigenvalue weighted by Crippen LogP contribution is 2.47. The van der Waals surface area contributed by atoms with Gasteiger partial charge in [-0.15, -0.1) is 0 Å². The highest BCUT2D eigenvalue weighted by molar-refractivity contribution is 6.06. The van der Waals surface area contributed by atoms with E-state index in [-0.39, 0.29) is 18.4 Å². The zero-order valence-corrected chi connectivity index (χ0v) is 22.3. The molecule has 10 heteroatoms. The van der Waals surface area contributed by atoms with E-state index in [9.17, 15) is 23.2 Å². The highest BCUT2D eigenvalue weighted by Gasteiger charge is 2.51. The summed E-state index contributed by atoms with van der Waals surface area (Å²) in [7, 11) is 0. The van der Waals surface area contributed by atoms with Crippen LogP contribution >= 0.6 is 0 Å². The van der Waals surface area contributed by atoms with E-state index in [4.69, 9.17) is 0 Å². The van der Waals surface area contributed by atoms with Gasteiger partial charge in [-0.2, -0.15) is 0 Å². The van der Waals surface area contributed by atoms with Crippen LogP contribution in [0.2, 0.25) is 0 Å². The Kier molecular flexibility index (Phi) is 5.93. The molecule has 1 saturated carbocycles. The van der Waals surface area contributed by atoms with Gasteiger partial charge in [-0.3, -0.25) is 14.4 Å². The molecule has 2 fully saturated rings. The normalized spacial score (nSPS) is 24.0. The quantitative estimate of drug-likeness (QED) is 0.453. The third kappa shape index (κ3) is 4.20. The van der Waals surface area contributed by atoms with E-state index >= 15 is 0 Å². The molecule has 0 bridgehead atoms. The van der Waals surface area contributed by atoms with Gasteiger partial charge in [0.25, 0.3) is 0 Å². The molecule has 7 rings (SSSR count). The number of carbonyl (C=O) groups is 3. The average molecular weight is 558 g/mol. The van der Waals surface area contributed by atoms with E-state index in [0.29, 0.717) is 49.3 Å². The molecule has 3 amide bonds. The molecule has 4 aliphatic rings. The van der Waals surface area contributed by atoms with Gasteiger partial charge in [0.1, 0.15) is 24.0 Å². The van der Waals surface area contributed by atoms with Crippen molar-refractivity contribution in [3.63, 3.8) is 0 Å². The molecule has 2 spiro atoms. The summed E-state index contributed by atoms with van der Waals surface area (Å²) in [5.41, 5.74) is 2.26. The number of hydrogen-bond acceptors (Lipinski definition) is 5. The minimum atomic E-state index is -0.752. The van der Waals surface area contributed by atoms with E-state index in [1.165, 1.54) is 17.0 Å². The fourth-order valence-electron chi connectivity index (χ4n) is 7.21. The second-order valence-electron chi connectivity index (χ2n) is 11.6. The number of nitrogens with zero attached hydrogens (tertiary/aromatic N) is 2. The van der Waals surface area contributed by atoms with Gasteiger partial charge in [0.05, 0.1) is 17.0 Å². The maximum atomic E-state index is 14.1. The average Bonchev–Trinajstić information content (AvgIpc) is 3.63. The van der Waals surface area contributed by atoms with Gasteiger partial charge in [0.2, 0.25) is 17.7 Å². The van der Waals surface area contributed by atoms with Gasteiger partial charge in [-0.1, -0.05) is 25.0 Å². The summed E-state index contributed by atoms with van der Waals surface area (Å²) in [5.74, 6) is -1.58. The molecule has 0 unspecified atom stereocenters. The lowest BCUT2D eigenvalue weighted by molar-refractivity contribution is -0.147. The summed E-state index contributed by atoms with van der Waals surface area (Å²) in [6, 6.07) is 11.9. The highest BCUT2D eigenvalue weighted by atomic mass is 19.1. The number of nitrogens with one attached hydrogen (secondary N) is 3. The third-order valence-corrected chi connectivity index (χ3v) is 9.19. The first kappa shape index (κ1) is 25.8. The van der Waals surface area contributed by atoms with Crippen LogP contribution in [-0.4, -0.2) is 46.2 Å². The van der Waals surface area contributed by atoms with Crippen LogP contribution in [0.25, 0.3) is 0 Å². The summed E-state index contributed by atoms with van der Waals surface area (Å²) in [5, 5.41) is 9.15. The lowest BCUT2D eigenvalue weighted by Gasteiger charge is -2.45. The number of aromatic nitrogens is 1. The van der Waals surface area contributed by atoms with Crippen molar-refractivity contribution in [3.8, 4) is 0 Å². The number of hydrogen-bond donors (Lipinski definition) is 3. The van der Waals surface area contributed by atoms with Crippen molar-refractivity contribution in [2.45, 2.75) is 55.5 Å². The summed E-state index contributed by atoms with van der Waals surface area (Å²) in [4.78, 5) is 45.9. The Bertz CT molecular complexity index is 1580. The van der Waals surface area contributed by atoms with Crippen molar-refractivity contribution in [1.29, 1.82) is 0 Å². The van der Waals surface area contributed by atoms with Crippen molar-refractivity contribution in [1.82, 2.24) is 15.2 Å². The van der Waals surface area contributed by atoms with E-state index in [2.05, 4.69) is 20.9 Å². The van der Waals surface area contributed by atoms with Gasteiger partial charge >= 0.3 is 0 Å². The molecule has 2 aromatic carbocycles. The minimum absolute atomic E-state index is 0.0779. The van der Waals surface area contributed by atoms with E-state index in [1.807, 2.05) is 24.3 Å². The zero-order valence-electron chi connectivity index (χ0n) is 22.3. The van der Waals surface area contributed by atoms with Gasteiger partial charge < -0.3 is 20.9 Å². The number of benzene rings is 2. The number of rotatable bonds is 4. The SMILES string of the molecule is O=C(CN1C(=O)C2(CCCC2)NC[C@H]1c1cc(F)cc(F)c1)Nc1ccc2c(c1)C[C@@]1(C2)C(=O)Nc2ncccc21. The number of carbonyl (C=O) groups excluding carboxylic acids is 3. The second kappa shape index (κ2) is 9.44. The fourth-order valence-corrected chi connectivity index (χ4v) is 7.21. The number of pyridine rings is 1. The van der Waals surface area contributed by atoms with Crippen molar-refractivity contribution in [2.24, 2.45) is 0 Å². The molecule has 2 atom stereocenters. The molecule has 3 aromatic rings. The Morgan fingerprint density at radius 1 is 1.02 bits per heavy atom. The van der Waals surface area contributed by atoms with Crippen LogP contribution in [0, 0.1) is 11.6 Å². The van der Waals surface area contributed by atoms with Gasteiger partial charge in [0, 0.05) is 30.1 Å². The van der Waals surface area contributed by atoms with Crippen LogP contribution in [0.4, 0.5) is 20.3 Å². The number of amides is 3. The molecule has 1 aromatic heterocycles. The fraction of sp³-hybridized carbons (Fsp3) is 0.355. The van der Waals surface area contributed by atoms with Crippen molar-refractivity contribution in [3.05, 3.63) is 88.6 Å². The zero-order chi connectivity index (χ0) is 28.4. The monoisotopic (exact) mass is 557 g/mol. The van der Waals surface area contributed by atoms with E-state index in [1.54, 1.807) is 12.3 Å². The van der Waals surface area contributed by atoms with Crippen LogP contribution < -0.4 is 16.0 Å². The molecule has 2 aliphatic carbocycles. The molecule has 0 radical (unpaired) electrons. The van der Waals surface area contributed by atoms with Crippen molar-refractivity contribution >= 4 is 29.2 Å². The lowest BCUT2D eigenvalue weighted by Crippen LogP contribution is -2.64. The largest absolute Gasteiger partial charge is 0.325 e. The molecule has 2 aliphatic heterocycles. The summed E-state index contributed by atoms with van der Waals surface area (Å²) < 4.78 is 28.2. The van der Waals surface area contributed by atoms with Crippen molar-refractivity contribution < 1.29 is 23.2 Å². The lowest BCUT2D eigenvalue weighted by atomic mass is 9.79. The smallest absolute Gasteiger partial charge is 0.244 e. The summed E-state index contributed by atoms with van der Waals surface area (Å²) >= 11 is 0. The first-order valence-corrected chi connectivity index (χ1v) is 14.0. The van der Waals surface area contributed by atoms with Gasteiger partial charge in [-0.25, -0.2) is 13.8 Å². The molecule has 3 heterocycles. The molecular formula is C31H29F2N5O3. The first-order chi connectivity index (χ1) is 19.8. The topological polar surface area (TPSA) is 103 Å².